The average Bonchev–Trinajstić information content (AvgIpc) is 2.79. The van der Waals surface area contributed by atoms with E-state index < -0.39 is 0 Å². The van der Waals surface area contributed by atoms with Gasteiger partial charge in [0.1, 0.15) is 11.2 Å². The zero-order valence-corrected chi connectivity index (χ0v) is 16.0. The number of hydrogen-bond donors (Lipinski definition) is 2. The van der Waals surface area contributed by atoms with Gasteiger partial charge in [-0.3, -0.25) is 0 Å². The van der Waals surface area contributed by atoms with Crippen molar-refractivity contribution in [1.29, 1.82) is 0 Å². The molecule has 0 bridgehead atoms. The van der Waals surface area contributed by atoms with Crippen LogP contribution < -0.4 is 16.0 Å². The molecule has 2 aromatic carbocycles. The Morgan fingerprint density at radius 1 is 0.759 bits per heavy atom. The molecule has 144 valence electrons. The van der Waals surface area contributed by atoms with Crippen molar-refractivity contribution < 1.29 is 0 Å². The van der Waals surface area contributed by atoms with Crippen LogP contribution in [-0.4, -0.2) is 41.1 Å². The summed E-state index contributed by atoms with van der Waals surface area (Å²) in [4.78, 5) is 16.1. The molecule has 5 rings (SSSR count). The number of benzene rings is 2. The Hall–Kier alpha value is -3.51. The number of aromatic nitrogens is 3. The lowest BCUT2D eigenvalue weighted by atomic mass is 10.1. The fraction of sp³-hybridized carbons (Fsp3) is 0.174. The highest BCUT2D eigenvalue weighted by molar-refractivity contribution is 5.91. The molecule has 1 fully saturated rings. The maximum absolute atomic E-state index is 5.94. The van der Waals surface area contributed by atoms with Gasteiger partial charge >= 0.3 is 0 Å². The van der Waals surface area contributed by atoms with E-state index in [0.717, 1.165) is 59.7 Å². The average molecular weight is 382 g/mol. The van der Waals surface area contributed by atoms with E-state index in [9.17, 15) is 0 Å². The standard InChI is InChI=1S/C23H22N6/c24-23-27-20-11-10-19(26-22(20)21(28-23)17-4-2-1-3-5-17)16-6-8-18(9-7-16)29-14-12-25-13-15-29/h1-11,25H,12-15H2,(H2,24,27,28). The van der Waals surface area contributed by atoms with E-state index in [1.807, 2.05) is 42.5 Å². The molecule has 1 aliphatic rings. The normalized spacial score (nSPS) is 14.3. The second-order valence-electron chi connectivity index (χ2n) is 7.14. The summed E-state index contributed by atoms with van der Waals surface area (Å²) in [5, 5.41) is 3.39. The maximum Gasteiger partial charge on any atom is 0.221 e. The number of nitrogens with two attached hydrogens (primary N) is 1. The van der Waals surface area contributed by atoms with E-state index in [4.69, 9.17) is 10.7 Å². The van der Waals surface area contributed by atoms with Gasteiger partial charge in [-0.15, -0.1) is 0 Å². The Labute approximate surface area is 169 Å². The summed E-state index contributed by atoms with van der Waals surface area (Å²) in [5.41, 5.74) is 12.4. The molecule has 1 saturated heterocycles. The van der Waals surface area contributed by atoms with Crippen LogP contribution in [0.5, 0.6) is 0 Å². The lowest BCUT2D eigenvalue weighted by Crippen LogP contribution is -2.43. The molecule has 0 unspecified atom stereocenters. The number of nitrogens with zero attached hydrogens (tertiary/aromatic N) is 4. The molecule has 0 radical (unpaired) electrons. The quantitative estimate of drug-likeness (QED) is 0.566. The van der Waals surface area contributed by atoms with Gasteiger partial charge in [-0.1, -0.05) is 42.5 Å². The van der Waals surface area contributed by atoms with E-state index in [-0.39, 0.29) is 5.95 Å². The third-order valence-corrected chi connectivity index (χ3v) is 5.25. The summed E-state index contributed by atoms with van der Waals surface area (Å²) in [5.74, 6) is 0.256. The van der Waals surface area contributed by atoms with Gasteiger partial charge in [0.05, 0.1) is 11.2 Å². The van der Waals surface area contributed by atoms with Crippen LogP contribution >= 0.6 is 0 Å². The third-order valence-electron chi connectivity index (χ3n) is 5.25. The molecule has 3 N–H and O–H groups in total. The number of anilines is 2. The number of pyridine rings is 1. The first-order chi connectivity index (χ1) is 14.3. The highest BCUT2D eigenvalue weighted by Gasteiger charge is 2.13. The number of nitrogens with one attached hydrogen (secondary N) is 1. The zero-order chi connectivity index (χ0) is 19.6. The van der Waals surface area contributed by atoms with Gasteiger partial charge in [0.2, 0.25) is 5.95 Å². The molecule has 2 aromatic heterocycles. The topological polar surface area (TPSA) is 80.0 Å². The summed E-state index contributed by atoms with van der Waals surface area (Å²) < 4.78 is 0. The fourth-order valence-electron chi connectivity index (χ4n) is 3.76. The fourth-order valence-corrected chi connectivity index (χ4v) is 3.76. The Morgan fingerprint density at radius 3 is 2.28 bits per heavy atom. The van der Waals surface area contributed by atoms with E-state index in [2.05, 4.69) is 44.5 Å². The Kier molecular flexibility index (Phi) is 4.54. The van der Waals surface area contributed by atoms with Gasteiger partial charge in [0, 0.05) is 43.0 Å². The van der Waals surface area contributed by atoms with Gasteiger partial charge in [0.25, 0.3) is 0 Å². The molecule has 4 aromatic rings. The van der Waals surface area contributed by atoms with Crippen LogP contribution in [0, 0.1) is 0 Å². The van der Waals surface area contributed by atoms with Crippen molar-refractivity contribution in [1.82, 2.24) is 20.3 Å². The van der Waals surface area contributed by atoms with Gasteiger partial charge in [-0.2, -0.15) is 0 Å². The predicted molar refractivity (Wildman–Crippen MR) is 118 cm³/mol. The summed E-state index contributed by atoms with van der Waals surface area (Å²) in [6.07, 6.45) is 0. The molecule has 3 heterocycles. The summed E-state index contributed by atoms with van der Waals surface area (Å²) in [6.45, 7) is 4.12. The number of piperazine rings is 1. The zero-order valence-electron chi connectivity index (χ0n) is 16.0. The minimum Gasteiger partial charge on any atom is -0.369 e. The molecule has 1 aliphatic heterocycles. The molecule has 0 spiro atoms. The van der Waals surface area contributed by atoms with Crippen molar-refractivity contribution in [2.75, 3.05) is 36.8 Å². The van der Waals surface area contributed by atoms with Crippen molar-refractivity contribution in [3.05, 3.63) is 66.7 Å². The molecule has 0 saturated carbocycles. The molecule has 0 atom stereocenters. The van der Waals surface area contributed by atoms with Crippen LogP contribution in [0.15, 0.2) is 66.7 Å². The predicted octanol–water partition coefficient (Wildman–Crippen LogP) is 3.35. The van der Waals surface area contributed by atoms with Gasteiger partial charge in [0.15, 0.2) is 0 Å². The largest absolute Gasteiger partial charge is 0.369 e. The monoisotopic (exact) mass is 382 g/mol. The smallest absolute Gasteiger partial charge is 0.221 e. The van der Waals surface area contributed by atoms with Crippen LogP contribution in [0.3, 0.4) is 0 Å². The molecule has 0 aliphatic carbocycles. The molecule has 6 heteroatoms. The Balaban J connectivity index is 1.55. The summed E-state index contributed by atoms with van der Waals surface area (Å²) in [7, 11) is 0. The number of nitrogen functional groups attached to an aromatic ring is 1. The minimum atomic E-state index is 0.256. The van der Waals surface area contributed by atoms with Gasteiger partial charge in [-0.25, -0.2) is 15.0 Å². The third kappa shape index (κ3) is 3.50. The molecular formula is C23H22N6. The van der Waals surface area contributed by atoms with E-state index in [0.29, 0.717) is 0 Å². The van der Waals surface area contributed by atoms with Crippen molar-refractivity contribution >= 4 is 22.7 Å². The van der Waals surface area contributed by atoms with E-state index in [1.165, 1.54) is 5.69 Å². The van der Waals surface area contributed by atoms with Crippen molar-refractivity contribution in [2.24, 2.45) is 0 Å². The van der Waals surface area contributed by atoms with Gasteiger partial charge in [-0.05, 0) is 24.3 Å². The molecular weight excluding hydrogens is 360 g/mol. The van der Waals surface area contributed by atoms with Crippen LogP contribution in [0.4, 0.5) is 11.6 Å². The first-order valence-electron chi connectivity index (χ1n) is 9.84. The lowest BCUT2D eigenvalue weighted by Gasteiger charge is -2.29. The van der Waals surface area contributed by atoms with Crippen molar-refractivity contribution in [3.63, 3.8) is 0 Å². The van der Waals surface area contributed by atoms with E-state index >= 15 is 0 Å². The number of fused-ring (bicyclic) bond motifs is 1. The van der Waals surface area contributed by atoms with Crippen LogP contribution in [-0.2, 0) is 0 Å². The first-order valence-corrected chi connectivity index (χ1v) is 9.84. The van der Waals surface area contributed by atoms with Crippen molar-refractivity contribution in [2.45, 2.75) is 0 Å². The minimum absolute atomic E-state index is 0.256. The van der Waals surface area contributed by atoms with Crippen LogP contribution in [0.25, 0.3) is 33.5 Å². The number of rotatable bonds is 3. The Morgan fingerprint density at radius 2 is 1.52 bits per heavy atom. The first kappa shape index (κ1) is 17.6. The number of hydrogen-bond acceptors (Lipinski definition) is 6. The summed E-state index contributed by atoms with van der Waals surface area (Å²) in [6, 6.07) is 22.5. The molecule has 29 heavy (non-hydrogen) atoms. The van der Waals surface area contributed by atoms with Crippen LogP contribution in [0.2, 0.25) is 0 Å². The molecule has 6 nitrogen and oxygen atoms in total. The Bertz CT molecular complexity index is 1140. The molecule has 0 amide bonds. The maximum atomic E-state index is 5.94. The summed E-state index contributed by atoms with van der Waals surface area (Å²) >= 11 is 0. The second-order valence-corrected chi connectivity index (χ2v) is 7.14. The lowest BCUT2D eigenvalue weighted by molar-refractivity contribution is 0.589. The van der Waals surface area contributed by atoms with Crippen LogP contribution in [0.1, 0.15) is 0 Å². The second kappa shape index (κ2) is 7.48. The highest BCUT2D eigenvalue weighted by Crippen LogP contribution is 2.29. The SMILES string of the molecule is Nc1nc(-c2ccccc2)c2nc(-c3ccc(N4CCNCC4)cc3)ccc2n1. The highest BCUT2D eigenvalue weighted by atomic mass is 15.2. The van der Waals surface area contributed by atoms with Crippen molar-refractivity contribution in [3.8, 4) is 22.5 Å². The van der Waals surface area contributed by atoms with Gasteiger partial charge < -0.3 is 16.0 Å². The van der Waals surface area contributed by atoms with E-state index in [1.54, 1.807) is 0 Å².